The predicted molar refractivity (Wildman–Crippen MR) is 129 cm³/mol. The number of aliphatic imine (C=N–C) groups is 1. The van der Waals surface area contributed by atoms with Crippen molar-refractivity contribution in [3.63, 3.8) is 0 Å². The summed E-state index contributed by atoms with van der Waals surface area (Å²) in [4.78, 5) is 33.1. The zero-order valence-corrected chi connectivity index (χ0v) is 19.8. The number of rotatable bonds is 4. The number of hydrogen-bond acceptors (Lipinski definition) is 6. The number of benzene rings is 1. The Bertz CT molecular complexity index is 1040. The summed E-state index contributed by atoms with van der Waals surface area (Å²) in [5.41, 5.74) is 1.96. The van der Waals surface area contributed by atoms with Gasteiger partial charge in [-0.3, -0.25) is 15.0 Å². The van der Waals surface area contributed by atoms with Crippen molar-refractivity contribution in [2.24, 2.45) is 10.1 Å². The molecule has 0 saturated carbocycles. The van der Waals surface area contributed by atoms with Gasteiger partial charge < -0.3 is 9.80 Å². The minimum Gasteiger partial charge on any atom is -0.377 e. The Kier molecular flexibility index (Phi) is 6.29. The molecule has 31 heavy (non-hydrogen) atoms. The van der Waals surface area contributed by atoms with Gasteiger partial charge in [0.15, 0.2) is 5.84 Å². The molecule has 1 aromatic rings. The number of nitrogens with zero attached hydrogens (tertiary/aromatic N) is 5. The maximum atomic E-state index is 12.6. The molecule has 0 atom stereocenters. The van der Waals surface area contributed by atoms with E-state index in [0.717, 1.165) is 48.1 Å². The molecule has 0 radical (unpaired) electrons. The highest BCUT2D eigenvalue weighted by atomic mass is 79.9. The largest absolute Gasteiger partial charge is 0.377 e. The molecule has 3 aliphatic heterocycles. The summed E-state index contributed by atoms with van der Waals surface area (Å²) in [6.07, 6.45) is 5.03. The maximum Gasteiger partial charge on any atom is 0.283 e. The van der Waals surface area contributed by atoms with Crippen LogP contribution in [0.15, 0.2) is 38.3 Å². The monoisotopic (exact) mass is 502 g/mol. The summed E-state index contributed by atoms with van der Waals surface area (Å²) in [5, 5.41) is 15.2. The molecule has 1 aromatic carbocycles. The molecular formula is C21H23BrN6O2S. The number of amidine groups is 2. The number of thioether (sulfide) groups is 1. The lowest BCUT2D eigenvalue weighted by molar-refractivity contribution is -0.130. The summed E-state index contributed by atoms with van der Waals surface area (Å²) < 4.78 is 0.888. The number of nitrogens with one attached hydrogen (secondary N) is 1. The Morgan fingerprint density at radius 2 is 2.03 bits per heavy atom. The van der Waals surface area contributed by atoms with Crippen LogP contribution in [0.2, 0.25) is 0 Å². The summed E-state index contributed by atoms with van der Waals surface area (Å²) in [7, 11) is 3.90. The van der Waals surface area contributed by atoms with Crippen LogP contribution >= 0.6 is 27.7 Å². The molecule has 0 spiro atoms. The number of piperidine rings is 1. The second-order valence-electron chi connectivity index (χ2n) is 7.74. The van der Waals surface area contributed by atoms with Crippen LogP contribution in [0.25, 0.3) is 6.08 Å². The van der Waals surface area contributed by atoms with Gasteiger partial charge in [-0.05, 0) is 70.7 Å². The molecule has 1 N–H and O–H groups in total. The second-order valence-corrected chi connectivity index (χ2v) is 9.63. The highest BCUT2D eigenvalue weighted by Gasteiger charge is 2.36. The lowest BCUT2D eigenvalue weighted by atomic mass is 10.1. The van der Waals surface area contributed by atoms with E-state index in [1.54, 1.807) is 6.08 Å². The Labute approximate surface area is 193 Å². The number of carbonyl (C=O) groups excluding carboxylic acids is 2. The Hall–Kier alpha value is -2.46. The van der Waals surface area contributed by atoms with E-state index in [-0.39, 0.29) is 23.7 Å². The quantitative estimate of drug-likeness (QED) is 0.635. The fourth-order valence-corrected chi connectivity index (χ4v) is 5.26. The first-order valence-corrected chi connectivity index (χ1v) is 11.7. The number of halogens is 1. The molecule has 3 aliphatic rings. The van der Waals surface area contributed by atoms with E-state index >= 15 is 0 Å². The van der Waals surface area contributed by atoms with Crippen molar-refractivity contribution in [2.75, 3.05) is 32.1 Å². The third-order valence-electron chi connectivity index (χ3n) is 5.27. The van der Waals surface area contributed by atoms with Crippen molar-refractivity contribution in [3.05, 3.63) is 33.8 Å². The molecule has 0 unspecified atom stereocenters. The molecule has 10 heteroatoms. The molecule has 3 heterocycles. The molecule has 1 saturated heterocycles. The van der Waals surface area contributed by atoms with Gasteiger partial charge in [-0.15, -0.1) is 0 Å². The molecule has 8 nitrogen and oxygen atoms in total. The fourth-order valence-electron chi connectivity index (χ4n) is 3.63. The van der Waals surface area contributed by atoms with Crippen LogP contribution in [0.3, 0.4) is 0 Å². The average molecular weight is 503 g/mol. The van der Waals surface area contributed by atoms with Gasteiger partial charge in [0, 0.05) is 31.7 Å². The van der Waals surface area contributed by atoms with Crippen molar-refractivity contribution < 1.29 is 9.59 Å². The number of likely N-dealkylation sites (tertiary alicyclic amines) is 1. The van der Waals surface area contributed by atoms with E-state index < -0.39 is 5.91 Å². The molecule has 0 bridgehead atoms. The standard InChI is InChI=1S/C21H23BrN6O2S/c1-26(2)16-7-6-13(11-15(16)22)10-14-19(23)28-21(24-20(14)30)31-17(25-28)12-18(29)27-8-4-3-5-9-27/h6-7,10-11,23H,3-5,8-9,12H2,1-2H3/b14-10+,23-19?. The minimum absolute atomic E-state index is 0.0317. The van der Waals surface area contributed by atoms with Crippen LogP contribution in [0.1, 0.15) is 31.2 Å². The van der Waals surface area contributed by atoms with E-state index in [9.17, 15) is 9.59 Å². The topological polar surface area (TPSA) is 92.4 Å². The molecule has 162 valence electrons. The highest BCUT2D eigenvalue weighted by molar-refractivity contribution is 9.10. The van der Waals surface area contributed by atoms with Crippen molar-refractivity contribution >= 4 is 67.3 Å². The van der Waals surface area contributed by atoms with E-state index in [2.05, 4.69) is 26.0 Å². The summed E-state index contributed by atoms with van der Waals surface area (Å²) in [6.45, 7) is 1.57. The van der Waals surface area contributed by atoms with Gasteiger partial charge in [-0.1, -0.05) is 6.07 Å². The number of hydrazone groups is 1. The Morgan fingerprint density at radius 1 is 1.29 bits per heavy atom. The van der Waals surface area contributed by atoms with Crippen molar-refractivity contribution in [2.45, 2.75) is 25.7 Å². The lowest BCUT2D eigenvalue weighted by Gasteiger charge is -2.26. The lowest BCUT2D eigenvalue weighted by Crippen LogP contribution is -2.36. The predicted octanol–water partition coefficient (Wildman–Crippen LogP) is 3.54. The molecule has 0 aliphatic carbocycles. The van der Waals surface area contributed by atoms with E-state index in [4.69, 9.17) is 5.41 Å². The van der Waals surface area contributed by atoms with Crippen molar-refractivity contribution in [1.82, 2.24) is 9.91 Å². The third-order valence-corrected chi connectivity index (χ3v) is 6.82. The Balaban J connectivity index is 1.53. The van der Waals surface area contributed by atoms with Gasteiger partial charge >= 0.3 is 0 Å². The van der Waals surface area contributed by atoms with Gasteiger partial charge in [0.1, 0.15) is 5.04 Å². The molecule has 0 aromatic heterocycles. The normalized spacial score (nSPS) is 20.0. The molecule has 1 fully saturated rings. The van der Waals surface area contributed by atoms with Crippen LogP contribution in [-0.4, -0.2) is 65.0 Å². The van der Waals surface area contributed by atoms with Crippen molar-refractivity contribution in [1.29, 1.82) is 5.41 Å². The number of fused-ring (bicyclic) bond motifs is 1. The van der Waals surface area contributed by atoms with E-state index in [1.807, 2.05) is 42.1 Å². The van der Waals surface area contributed by atoms with Gasteiger partial charge in [-0.25, -0.2) is 0 Å². The number of anilines is 1. The van der Waals surface area contributed by atoms with Gasteiger partial charge in [-0.2, -0.15) is 15.1 Å². The van der Waals surface area contributed by atoms with Crippen LogP contribution in [0.4, 0.5) is 5.69 Å². The summed E-state index contributed by atoms with van der Waals surface area (Å²) in [5.74, 6) is -0.475. The number of carbonyl (C=O) groups is 2. The van der Waals surface area contributed by atoms with Crippen LogP contribution in [-0.2, 0) is 9.59 Å². The zero-order valence-electron chi connectivity index (χ0n) is 17.4. The van der Waals surface area contributed by atoms with E-state index in [1.165, 1.54) is 16.8 Å². The maximum absolute atomic E-state index is 12.6. The van der Waals surface area contributed by atoms with Crippen LogP contribution in [0.5, 0.6) is 0 Å². The SMILES string of the molecule is CN(C)c1ccc(/C=C2\C(=N)N3N=C(CC(=O)N4CCCCC4)SC3=NC2=O)cc1Br. The minimum atomic E-state index is -0.477. The highest BCUT2D eigenvalue weighted by Crippen LogP contribution is 2.31. The molecule has 2 amide bonds. The fraction of sp³-hybridized carbons (Fsp3) is 0.381. The zero-order chi connectivity index (χ0) is 22.1. The van der Waals surface area contributed by atoms with Gasteiger partial charge in [0.25, 0.3) is 5.91 Å². The van der Waals surface area contributed by atoms with Crippen LogP contribution < -0.4 is 4.90 Å². The Morgan fingerprint density at radius 3 is 2.71 bits per heavy atom. The van der Waals surface area contributed by atoms with Crippen LogP contribution in [0, 0.1) is 5.41 Å². The summed E-state index contributed by atoms with van der Waals surface area (Å²) >= 11 is 4.73. The molecular weight excluding hydrogens is 480 g/mol. The average Bonchev–Trinajstić information content (AvgIpc) is 3.14. The molecule has 4 rings (SSSR count). The first kappa shape index (κ1) is 21.8. The van der Waals surface area contributed by atoms with Gasteiger partial charge in [0.2, 0.25) is 11.1 Å². The first-order valence-electron chi connectivity index (χ1n) is 10.1. The van der Waals surface area contributed by atoms with Crippen molar-refractivity contribution in [3.8, 4) is 0 Å². The third kappa shape index (κ3) is 4.59. The van der Waals surface area contributed by atoms with Gasteiger partial charge in [0.05, 0.1) is 17.7 Å². The van der Waals surface area contributed by atoms with E-state index in [0.29, 0.717) is 10.2 Å². The smallest absolute Gasteiger partial charge is 0.283 e. The second kappa shape index (κ2) is 8.96. The summed E-state index contributed by atoms with van der Waals surface area (Å²) in [6, 6.07) is 5.72. The first-order chi connectivity index (χ1) is 14.8. The number of hydrogen-bond donors (Lipinski definition) is 1. The number of amides is 2.